The lowest BCUT2D eigenvalue weighted by Gasteiger charge is -2.12. The number of hydrogen-bond acceptors (Lipinski definition) is 3. The summed E-state index contributed by atoms with van der Waals surface area (Å²) in [5.41, 5.74) is 6.66. The zero-order valence-corrected chi connectivity index (χ0v) is 12.3. The lowest BCUT2D eigenvalue weighted by Crippen LogP contribution is -2.39. The van der Waals surface area contributed by atoms with E-state index >= 15 is 0 Å². The van der Waals surface area contributed by atoms with Gasteiger partial charge in [-0.3, -0.25) is 4.79 Å². The van der Waals surface area contributed by atoms with Crippen molar-refractivity contribution in [3.05, 3.63) is 35.4 Å². The van der Waals surface area contributed by atoms with Crippen molar-refractivity contribution < 1.29 is 9.59 Å². The number of amides is 3. The van der Waals surface area contributed by atoms with E-state index in [0.29, 0.717) is 25.2 Å². The van der Waals surface area contributed by atoms with Crippen LogP contribution in [-0.2, 0) is 0 Å². The number of rotatable bonds is 4. The van der Waals surface area contributed by atoms with Gasteiger partial charge in [0.15, 0.2) is 0 Å². The number of nitrogens with zero attached hydrogens (tertiary/aromatic N) is 1. The topological polar surface area (TPSA) is 87.5 Å². The Hall–Kier alpha value is -2.52. The zero-order chi connectivity index (χ0) is 15.7. The molecule has 6 nitrogen and oxygen atoms in total. The average molecular weight is 288 g/mol. The van der Waals surface area contributed by atoms with Crippen LogP contribution in [0.2, 0.25) is 0 Å². The summed E-state index contributed by atoms with van der Waals surface area (Å²) in [6.07, 6.45) is 0. The van der Waals surface area contributed by atoms with E-state index in [1.807, 2.05) is 0 Å². The van der Waals surface area contributed by atoms with E-state index in [4.69, 9.17) is 5.73 Å². The Labute approximate surface area is 124 Å². The summed E-state index contributed by atoms with van der Waals surface area (Å²) in [7, 11) is 3.31. The normalized spacial score (nSPS) is 9.29. The van der Waals surface area contributed by atoms with Crippen molar-refractivity contribution in [2.24, 2.45) is 5.73 Å². The largest absolute Gasteiger partial charge is 0.350 e. The van der Waals surface area contributed by atoms with Gasteiger partial charge < -0.3 is 21.3 Å². The SMILES string of the molecule is CN(C)C(=O)NCCNC(=O)c1ccc(C#CCN)cc1. The Balaban J connectivity index is 2.40. The minimum absolute atomic E-state index is 0.188. The highest BCUT2D eigenvalue weighted by atomic mass is 16.2. The van der Waals surface area contributed by atoms with Crippen LogP contribution in [0.5, 0.6) is 0 Å². The predicted octanol–water partition coefficient (Wildman–Crippen LogP) is -0.00220. The molecule has 0 unspecified atom stereocenters. The minimum Gasteiger partial charge on any atom is -0.350 e. The quantitative estimate of drug-likeness (QED) is 0.538. The van der Waals surface area contributed by atoms with E-state index in [1.165, 1.54) is 4.90 Å². The fourth-order valence-electron chi connectivity index (χ4n) is 1.46. The van der Waals surface area contributed by atoms with E-state index in [0.717, 1.165) is 5.56 Å². The summed E-state index contributed by atoms with van der Waals surface area (Å²) in [4.78, 5) is 24.6. The Morgan fingerprint density at radius 2 is 1.76 bits per heavy atom. The number of carbonyl (C=O) groups is 2. The molecule has 0 aromatic heterocycles. The molecule has 3 amide bonds. The molecule has 0 spiro atoms. The molecule has 6 heteroatoms. The lowest BCUT2D eigenvalue weighted by atomic mass is 10.1. The fraction of sp³-hybridized carbons (Fsp3) is 0.333. The van der Waals surface area contributed by atoms with Crippen LogP contribution in [0, 0.1) is 11.8 Å². The molecule has 1 rings (SSSR count). The van der Waals surface area contributed by atoms with Gasteiger partial charge in [-0.1, -0.05) is 11.8 Å². The number of nitrogens with one attached hydrogen (secondary N) is 2. The van der Waals surface area contributed by atoms with Gasteiger partial charge in [0.25, 0.3) is 5.91 Å². The lowest BCUT2D eigenvalue weighted by molar-refractivity contribution is 0.0953. The fourth-order valence-corrected chi connectivity index (χ4v) is 1.46. The first-order chi connectivity index (χ1) is 10.0. The van der Waals surface area contributed by atoms with Gasteiger partial charge in [0.05, 0.1) is 6.54 Å². The minimum atomic E-state index is -0.188. The first-order valence-electron chi connectivity index (χ1n) is 6.57. The first kappa shape index (κ1) is 16.5. The number of carbonyl (C=O) groups excluding carboxylic acids is 2. The van der Waals surface area contributed by atoms with Crippen LogP contribution in [0.4, 0.5) is 4.79 Å². The van der Waals surface area contributed by atoms with E-state index in [9.17, 15) is 9.59 Å². The van der Waals surface area contributed by atoms with Crippen molar-refractivity contribution in [2.75, 3.05) is 33.7 Å². The Morgan fingerprint density at radius 1 is 1.14 bits per heavy atom. The standard InChI is InChI=1S/C15H20N4O2/c1-19(2)15(21)18-11-10-17-14(20)13-7-5-12(6-8-13)4-3-9-16/h5-8H,9-11,16H2,1-2H3,(H,17,20)(H,18,21). The van der Waals surface area contributed by atoms with Crippen LogP contribution >= 0.6 is 0 Å². The van der Waals surface area contributed by atoms with Gasteiger partial charge >= 0.3 is 6.03 Å². The zero-order valence-electron chi connectivity index (χ0n) is 12.3. The number of benzene rings is 1. The van der Waals surface area contributed by atoms with Crippen LogP contribution < -0.4 is 16.4 Å². The molecule has 0 heterocycles. The smallest absolute Gasteiger partial charge is 0.316 e. The second-order valence-corrected chi connectivity index (χ2v) is 4.47. The van der Waals surface area contributed by atoms with Gasteiger partial charge in [0, 0.05) is 38.3 Å². The van der Waals surface area contributed by atoms with Gasteiger partial charge in [-0.15, -0.1) is 0 Å². The monoisotopic (exact) mass is 288 g/mol. The maximum Gasteiger partial charge on any atom is 0.316 e. The molecule has 0 atom stereocenters. The molecule has 1 aromatic rings. The molecule has 0 saturated heterocycles. The number of nitrogens with two attached hydrogens (primary N) is 1. The molecular formula is C15H20N4O2. The Bertz CT molecular complexity index is 541. The van der Waals surface area contributed by atoms with Gasteiger partial charge in [0.2, 0.25) is 0 Å². The maximum absolute atomic E-state index is 11.9. The van der Waals surface area contributed by atoms with Crippen LogP contribution in [0.1, 0.15) is 15.9 Å². The third-order valence-electron chi connectivity index (χ3n) is 2.57. The van der Waals surface area contributed by atoms with Crippen molar-refractivity contribution in [1.82, 2.24) is 15.5 Å². The van der Waals surface area contributed by atoms with Crippen molar-refractivity contribution >= 4 is 11.9 Å². The molecule has 0 aliphatic heterocycles. The summed E-state index contributed by atoms with van der Waals surface area (Å²) < 4.78 is 0. The van der Waals surface area contributed by atoms with Crippen LogP contribution in [0.25, 0.3) is 0 Å². The highest BCUT2D eigenvalue weighted by Gasteiger charge is 2.05. The molecule has 21 heavy (non-hydrogen) atoms. The third-order valence-corrected chi connectivity index (χ3v) is 2.57. The van der Waals surface area contributed by atoms with Crippen LogP contribution in [-0.4, -0.2) is 50.6 Å². The van der Waals surface area contributed by atoms with Crippen LogP contribution in [0.3, 0.4) is 0 Å². The van der Waals surface area contributed by atoms with Crippen molar-refractivity contribution in [3.63, 3.8) is 0 Å². The highest BCUT2D eigenvalue weighted by Crippen LogP contribution is 2.02. The van der Waals surface area contributed by atoms with E-state index in [2.05, 4.69) is 22.5 Å². The van der Waals surface area contributed by atoms with Gasteiger partial charge in [-0.25, -0.2) is 4.79 Å². The second-order valence-electron chi connectivity index (χ2n) is 4.47. The molecule has 0 radical (unpaired) electrons. The molecule has 4 N–H and O–H groups in total. The molecule has 0 saturated carbocycles. The van der Waals surface area contributed by atoms with E-state index < -0.39 is 0 Å². The van der Waals surface area contributed by atoms with Crippen molar-refractivity contribution in [3.8, 4) is 11.8 Å². The van der Waals surface area contributed by atoms with Crippen molar-refractivity contribution in [1.29, 1.82) is 0 Å². The van der Waals surface area contributed by atoms with Gasteiger partial charge in [0.1, 0.15) is 0 Å². The van der Waals surface area contributed by atoms with E-state index in [-0.39, 0.29) is 11.9 Å². The summed E-state index contributed by atoms with van der Waals surface area (Å²) in [6, 6.07) is 6.76. The van der Waals surface area contributed by atoms with E-state index in [1.54, 1.807) is 38.4 Å². The molecule has 0 aliphatic rings. The molecule has 0 fully saturated rings. The maximum atomic E-state index is 11.9. The molecule has 0 aliphatic carbocycles. The third kappa shape index (κ3) is 5.97. The summed E-state index contributed by atoms with van der Waals surface area (Å²) in [5, 5.41) is 5.39. The van der Waals surface area contributed by atoms with Crippen molar-refractivity contribution in [2.45, 2.75) is 0 Å². The summed E-state index contributed by atoms with van der Waals surface area (Å²) in [6.45, 7) is 1.05. The average Bonchev–Trinajstić information content (AvgIpc) is 2.49. The molecular weight excluding hydrogens is 268 g/mol. The summed E-state index contributed by atoms with van der Waals surface area (Å²) >= 11 is 0. The Kier molecular flexibility index (Phi) is 6.78. The summed E-state index contributed by atoms with van der Waals surface area (Å²) in [5.74, 6) is 5.45. The second kappa shape index (κ2) is 8.61. The predicted molar refractivity (Wildman–Crippen MR) is 81.8 cm³/mol. The Morgan fingerprint density at radius 3 is 2.33 bits per heavy atom. The number of hydrogen-bond donors (Lipinski definition) is 3. The molecule has 1 aromatic carbocycles. The van der Waals surface area contributed by atoms with Gasteiger partial charge in [-0.05, 0) is 24.3 Å². The first-order valence-corrected chi connectivity index (χ1v) is 6.57. The number of urea groups is 1. The van der Waals surface area contributed by atoms with Gasteiger partial charge in [-0.2, -0.15) is 0 Å². The highest BCUT2D eigenvalue weighted by molar-refractivity contribution is 5.94. The van der Waals surface area contributed by atoms with Crippen LogP contribution in [0.15, 0.2) is 24.3 Å². The molecule has 0 bridgehead atoms. The molecule has 112 valence electrons.